The Morgan fingerprint density at radius 1 is 1.55 bits per heavy atom. The van der Waals surface area contributed by atoms with Crippen LogP contribution in [0.25, 0.3) is 0 Å². The van der Waals surface area contributed by atoms with Gasteiger partial charge in [-0.05, 0) is 31.4 Å². The first kappa shape index (κ1) is 7.87. The molecule has 0 saturated heterocycles. The number of allylic oxidation sites excluding steroid dienone is 3. The molecular weight excluding hydrogens is 138 g/mol. The summed E-state index contributed by atoms with van der Waals surface area (Å²) in [5.41, 5.74) is 1.14. The molecule has 1 rings (SSSR count). The first-order chi connectivity index (χ1) is 5.34. The van der Waals surface area contributed by atoms with Gasteiger partial charge in [-0.2, -0.15) is 5.26 Å². The SMILES string of the molecule is CC1=CCCC=C1OCC#N. The third kappa shape index (κ3) is 2.12. The van der Waals surface area contributed by atoms with Crippen molar-refractivity contribution in [3.8, 4) is 6.07 Å². The molecule has 0 spiro atoms. The maximum absolute atomic E-state index is 8.26. The third-order valence-corrected chi connectivity index (χ3v) is 1.63. The highest BCUT2D eigenvalue weighted by Gasteiger charge is 2.03. The molecule has 0 saturated carbocycles. The highest BCUT2D eigenvalue weighted by atomic mass is 16.5. The fraction of sp³-hybridized carbons (Fsp3) is 0.444. The second kappa shape index (κ2) is 3.82. The average Bonchev–Trinajstić information content (AvgIpc) is 2.03. The van der Waals surface area contributed by atoms with Gasteiger partial charge in [-0.25, -0.2) is 0 Å². The monoisotopic (exact) mass is 149 g/mol. The predicted molar refractivity (Wildman–Crippen MR) is 42.6 cm³/mol. The fourth-order valence-corrected chi connectivity index (χ4v) is 1.06. The molecular formula is C9H11NO. The molecule has 0 bridgehead atoms. The summed E-state index contributed by atoms with van der Waals surface area (Å²) in [6.07, 6.45) is 6.28. The molecule has 2 heteroatoms. The lowest BCUT2D eigenvalue weighted by molar-refractivity contribution is 0.258. The van der Waals surface area contributed by atoms with Crippen LogP contribution >= 0.6 is 0 Å². The van der Waals surface area contributed by atoms with E-state index in [-0.39, 0.29) is 6.61 Å². The minimum absolute atomic E-state index is 0.150. The van der Waals surface area contributed by atoms with Gasteiger partial charge in [0.1, 0.15) is 11.8 Å². The summed E-state index contributed by atoms with van der Waals surface area (Å²) in [4.78, 5) is 0. The summed E-state index contributed by atoms with van der Waals surface area (Å²) in [7, 11) is 0. The van der Waals surface area contributed by atoms with E-state index < -0.39 is 0 Å². The van der Waals surface area contributed by atoms with E-state index in [0.717, 1.165) is 24.2 Å². The summed E-state index contributed by atoms with van der Waals surface area (Å²) in [6.45, 7) is 2.15. The first-order valence-electron chi connectivity index (χ1n) is 3.71. The lowest BCUT2D eigenvalue weighted by Gasteiger charge is -2.11. The standard InChI is InChI=1S/C9H11NO/c1-8-4-2-3-5-9(8)11-7-6-10/h4-5H,2-3,7H2,1H3. The van der Waals surface area contributed by atoms with E-state index >= 15 is 0 Å². The van der Waals surface area contributed by atoms with Gasteiger partial charge in [-0.15, -0.1) is 0 Å². The van der Waals surface area contributed by atoms with Gasteiger partial charge < -0.3 is 4.74 Å². The summed E-state index contributed by atoms with van der Waals surface area (Å²) in [6, 6.07) is 1.95. The molecule has 2 nitrogen and oxygen atoms in total. The zero-order valence-corrected chi connectivity index (χ0v) is 6.63. The van der Waals surface area contributed by atoms with Crippen molar-refractivity contribution in [2.75, 3.05) is 6.61 Å². The smallest absolute Gasteiger partial charge is 0.174 e. The summed E-state index contributed by atoms with van der Waals surface area (Å²) in [5.74, 6) is 0.873. The first-order valence-corrected chi connectivity index (χ1v) is 3.71. The van der Waals surface area contributed by atoms with Crippen LogP contribution in [-0.2, 0) is 4.74 Å². The molecule has 58 valence electrons. The molecule has 0 aromatic rings. The van der Waals surface area contributed by atoms with Crippen LogP contribution in [0, 0.1) is 11.3 Å². The van der Waals surface area contributed by atoms with Crippen LogP contribution in [0.15, 0.2) is 23.5 Å². The van der Waals surface area contributed by atoms with Gasteiger partial charge in [0.2, 0.25) is 0 Å². The van der Waals surface area contributed by atoms with E-state index in [2.05, 4.69) is 6.08 Å². The molecule has 0 aromatic carbocycles. The third-order valence-electron chi connectivity index (χ3n) is 1.63. The van der Waals surface area contributed by atoms with E-state index in [4.69, 9.17) is 10.00 Å². The minimum atomic E-state index is 0.150. The number of hydrogen-bond donors (Lipinski definition) is 0. The highest BCUT2D eigenvalue weighted by molar-refractivity contribution is 5.26. The Bertz CT molecular complexity index is 232. The molecule has 0 unspecified atom stereocenters. The van der Waals surface area contributed by atoms with Crippen LogP contribution < -0.4 is 0 Å². The Morgan fingerprint density at radius 2 is 2.27 bits per heavy atom. The predicted octanol–water partition coefficient (Wildman–Crippen LogP) is 2.15. The molecule has 0 amide bonds. The minimum Gasteiger partial charge on any atom is -0.479 e. The van der Waals surface area contributed by atoms with Crippen LogP contribution in [0.5, 0.6) is 0 Å². The van der Waals surface area contributed by atoms with E-state index in [1.54, 1.807) is 0 Å². The van der Waals surface area contributed by atoms with E-state index in [1.807, 2.05) is 19.1 Å². The molecule has 0 heterocycles. The van der Waals surface area contributed by atoms with Gasteiger partial charge in [0.05, 0.1) is 0 Å². The normalized spacial score (nSPS) is 16.4. The van der Waals surface area contributed by atoms with E-state index in [9.17, 15) is 0 Å². The van der Waals surface area contributed by atoms with Crippen molar-refractivity contribution in [3.05, 3.63) is 23.5 Å². The Labute approximate surface area is 66.8 Å². The summed E-state index contributed by atoms with van der Waals surface area (Å²) >= 11 is 0. The highest BCUT2D eigenvalue weighted by Crippen LogP contribution is 2.18. The Kier molecular flexibility index (Phi) is 2.74. The summed E-state index contributed by atoms with van der Waals surface area (Å²) < 4.78 is 5.18. The molecule has 0 aromatic heterocycles. The lowest BCUT2D eigenvalue weighted by Crippen LogP contribution is -1.97. The Balaban J connectivity index is 2.51. The second-order valence-corrected chi connectivity index (χ2v) is 2.48. The van der Waals surface area contributed by atoms with Crippen LogP contribution in [0.2, 0.25) is 0 Å². The quantitative estimate of drug-likeness (QED) is 0.602. The van der Waals surface area contributed by atoms with Crippen LogP contribution in [0.3, 0.4) is 0 Å². The number of nitrogens with zero attached hydrogens (tertiary/aromatic N) is 1. The number of nitriles is 1. The van der Waals surface area contributed by atoms with Gasteiger partial charge in [0.25, 0.3) is 0 Å². The Hall–Kier alpha value is -1.23. The van der Waals surface area contributed by atoms with Gasteiger partial charge in [0, 0.05) is 0 Å². The molecule has 0 radical (unpaired) electrons. The lowest BCUT2D eigenvalue weighted by atomic mass is 10.1. The molecule has 0 fully saturated rings. The fourth-order valence-electron chi connectivity index (χ4n) is 1.06. The molecule has 0 aliphatic heterocycles. The van der Waals surface area contributed by atoms with Gasteiger partial charge in [-0.1, -0.05) is 6.08 Å². The summed E-state index contributed by atoms with van der Waals surface area (Å²) in [5, 5.41) is 8.26. The number of rotatable bonds is 2. The van der Waals surface area contributed by atoms with Gasteiger partial charge in [-0.3, -0.25) is 0 Å². The van der Waals surface area contributed by atoms with E-state index in [1.165, 1.54) is 0 Å². The molecule has 1 aliphatic rings. The van der Waals surface area contributed by atoms with Crippen LogP contribution in [-0.4, -0.2) is 6.61 Å². The molecule has 0 N–H and O–H groups in total. The van der Waals surface area contributed by atoms with Crippen molar-refractivity contribution in [1.29, 1.82) is 5.26 Å². The number of hydrogen-bond acceptors (Lipinski definition) is 2. The maximum atomic E-state index is 8.26. The van der Waals surface area contributed by atoms with Crippen molar-refractivity contribution >= 4 is 0 Å². The zero-order chi connectivity index (χ0) is 8.10. The second-order valence-electron chi connectivity index (χ2n) is 2.48. The maximum Gasteiger partial charge on any atom is 0.174 e. The van der Waals surface area contributed by atoms with Crippen molar-refractivity contribution < 1.29 is 4.74 Å². The van der Waals surface area contributed by atoms with Crippen LogP contribution in [0.1, 0.15) is 19.8 Å². The molecule has 0 atom stereocenters. The van der Waals surface area contributed by atoms with Crippen LogP contribution in [0.4, 0.5) is 0 Å². The average molecular weight is 149 g/mol. The van der Waals surface area contributed by atoms with Crippen molar-refractivity contribution in [1.82, 2.24) is 0 Å². The molecule has 1 aliphatic carbocycles. The zero-order valence-electron chi connectivity index (χ0n) is 6.63. The van der Waals surface area contributed by atoms with Crippen molar-refractivity contribution in [2.45, 2.75) is 19.8 Å². The van der Waals surface area contributed by atoms with Gasteiger partial charge >= 0.3 is 0 Å². The Morgan fingerprint density at radius 3 is 2.91 bits per heavy atom. The largest absolute Gasteiger partial charge is 0.479 e. The number of ether oxygens (including phenoxy) is 1. The van der Waals surface area contributed by atoms with Gasteiger partial charge in [0.15, 0.2) is 6.61 Å². The van der Waals surface area contributed by atoms with E-state index in [0.29, 0.717) is 0 Å². The van der Waals surface area contributed by atoms with Crippen molar-refractivity contribution in [3.63, 3.8) is 0 Å². The van der Waals surface area contributed by atoms with Crippen molar-refractivity contribution in [2.24, 2.45) is 0 Å². The molecule has 11 heavy (non-hydrogen) atoms. The topological polar surface area (TPSA) is 33.0 Å².